The van der Waals surface area contributed by atoms with Gasteiger partial charge in [0, 0.05) is 11.3 Å². The quantitative estimate of drug-likeness (QED) is 0.455. The van der Waals surface area contributed by atoms with Crippen molar-refractivity contribution in [3.8, 4) is 0 Å². The van der Waals surface area contributed by atoms with Gasteiger partial charge in [-0.25, -0.2) is 13.2 Å². The van der Waals surface area contributed by atoms with Crippen LogP contribution in [0.25, 0.3) is 11.1 Å². The molecule has 3 aromatic rings. The van der Waals surface area contributed by atoms with Crippen LogP contribution in [-0.4, -0.2) is 27.2 Å². The summed E-state index contributed by atoms with van der Waals surface area (Å²) in [4.78, 5) is 13.4. The predicted octanol–water partition coefficient (Wildman–Crippen LogP) is 4.68. The summed E-state index contributed by atoms with van der Waals surface area (Å²) in [6.07, 6.45) is 2.83. The molecule has 0 spiro atoms. The summed E-state index contributed by atoms with van der Waals surface area (Å²) >= 11 is 0. The Labute approximate surface area is 188 Å². The molecule has 0 radical (unpaired) electrons. The molecule has 164 valence electrons. The number of nitrogens with one attached hydrogen (secondary N) is 1. The van der Waals surface area contributed by atoms with E-state index in [0.29, 0.717) is 16.8 Å². The number of carbonyl (C=O) groups excluding carboxylic acids is 1. The van der Waals surface area contributed by atoms with Crippen LogP contribution in [0.15, 0.2) is 72.8 Å². The third-order valence-electron chi connectivity index (χ3n) is 5.42. The van der Waals surface area contributed by atoms with E-state index in [1.54, 1.807) is 25.1 Å². The summed E-state index contributed by atoms with van der Waals surface area (Å²) in [5.74, 6) is -0.439. The average Bonchev–Trinajstić information content (AvgIpc) is 2.91. The first-order valence-electron chi connectivity index (χ1n) is 10.5. The van der Waals surface area contributed by atoms with Crippen LogP contribution in [0.4, 0.5) is 5.69 Å². The van der Waals surface area contributed by atoms with Crippen molar-refractivity contribution < 1.29 is 17.9 Å². The molecule has 0 unspecified atom stereocenters. The lowest BCUT2D eigenvalue weighted by molar-refractivity contribution is -0.136. The van der Waals surface area contributed by atoms with Crippen LogP contribution in [0.1, 0.15) is 34.7 Å². The maximum atomic E-state index is 13.4. The maximum Gasteiger partial charge on any atom is 0.339 e. The van der Waals surface area contributed by atoms with Crippen LogP contribution in [0, 0.1) is 0 Å². The van der Waals surface area contributed by atoms with Crippen molar-refractivity contribution in [3.05, 3.63) is 101 Å². The third kappa shape index (κ3) is 4.60. The second-order valence-electron chi connectivity index (χ2n) is 7.74. The van der Waals surface area contributed by atoms with E-state index in [2.05, 4.69) is 16.9 Å². The summed E-state index contributed by atoms with van der Waals surface area (Å²) in [5.41, 5.74) is 6.51. The predicted molar refractivity (Wildman–Crippen MR) is 128 cm³/mol. The number of rotatable bonds is 5. The molecule has 1 aliphatic rings. The minimum atomic E-state index is -3.46. The normalized spacial score (nSPS) is 12.9. The Kier molecular flexibility index (Phi) is 6.15. The van der Waals surface area contributed by atoms with Gasteiger partial charge in [-0.05, 0) is 59.7 Å². The molecule has 3 aromatic carbocycles. The van der Waals surface area contributed by atoms with E-state index in [1.807, 2.05) is 42.5 Å². The molecular formula is C26H25NO4S. The Balaban J connectivity index is 2.05. The van der Waals surface area contributed by atoms with Crippen molar-refractivity contribution in [1.82, 2.24) is 0 Å². The number of hydrogen-bond donors (Lipinski definition) is 1. The number of sulfonamides is 1. The van der Waals surface area contributed by atoms with Crippen molar-refractivity contribution in [2.75, 3.05) is 17.6 Å². The number of ether oxygens (including phenoxy) is 1. The summed E-state index contributed by atoms with van der Waals surface area (Å²) in [6, 6.07) is 23.1. The average molecular weight is 448 g/mol. The molecule has 0 aliphatic heterocycles. The van der Waals surface area contributed by atoms with Gasteiger partial charge >= 0.3 is 5.97 Å². The number of hydrogen-bond acceptors (Lipinski definition) is 4. The highest BCUT2D eigenvalue weighted by atomic mass is 32.2. The monoisotopic (exact) mass is 447 g/mol. The van der Waals surface area contributed by atoms with Crippen LogP contribution in [0.5, 0.6) is 0 Å². The first kappa shape index (κ1) is 21.8. The Morgan fingerprint density at radius 2 is 1.50 bits per heavy atom. The minimum absolute atomic E-state index is 0.236. The van der Waals surface area contributed by atoms with Gasteiger partial charge in [0.2, 0.25) is 10.0 Å². The van der Waals surface area contributed by atoms with Crippen molar-refractivity contribution in [2.24, 2.45) is 0 Å². The molecule has 6 heteroatoms. The number of benzene rings is 3. The number of fused-ring (bicyclic) bond motifs is 2. The molecule has 0 saturated heterocycles. The molecule has 1 aliphatic carbocycles. The molecular weight excluding hydrogens is 422 g/mol. The molecule has 0 saturated carbocycles. The van der Waals surface area contributed by atoms with E-state index in [0.717, 1.165) is 46.9 Å². The van der Waals surface area contributed by atoms with Gasteiger partial charge in [-0.2, -0.15) is 0 Å². The number of carbonyl (C=O) groups is 1. The lowest BCUT2D eigenvalue weighted by atomic mass is 9.87. The van der Waals surface area contributed by atoms with Gasteiger partial charge < -0.3 is 4.74 Å². The zero-order valence-electron chi connectivity index (χ0n) is 18.1. The summed E-state index contributed by atoms with van der Waals surface area (Å²) < 4.78 is 31.5. The van der Waals surface area contributed by atoms with Crippen molar-refractivity contribution in [2.45, 2.75) is 19.8 Å². The van der Waals surface area contributed by atoms with E-state index in [4.69, 9.17) is 4.74 Å². The second-order valence-corrected chi connectivity index (χ2v) is 9.49. The SMILES string of the molecule is CCOC(=O)C(=C1c2ccccc2CCc2ccccc21)c1cccc(NS(C)(=O)=O)c1. The van der Waals surface area contributed by atoms with E-state index < -0.39 is 16.0 Å². The van der Waals surface area contributed by atoms with Crippen LogP contribution in [-0.2, 0) is 32.4 Å². The molecule has 4 rings (SSSR count). The lowest BCUT2D eigenvalue weighted by Gasteiger charge is -2.18. The van der Waals surface area contributed by atoms with E-state index >= 15 is 0 Å². The Morgan fingerprint density at radius 1 is 0.906 bits per heavy atom. The van der Waals surface area contributed by atoms with E-state index in [-0.39, 0.29) is 6.61 Å². The maximum absolute atomic E-state index is 13.4. The fourth-order valence-corrected chi connectivity index (χ4v) is 4.72. The standard InChI is InChI=1S/C26H25NO4S/c1-3-31-26(28)24(20-11-8-12-21(17-20)27-32(2,29)30)25-22-13-6-4-9-18(22)15-16-19-10-5-7-14-23(19)25/h4-14,17,27H,3,15-16H2,1-2H3. The van der Waals surface area contributed by atoms with Gasteiger partial charge in [0.15, 0.2) is 0 Å². The molecule has 0 heterocycles. The molecule has 0 fully saturated rings. The Morgan fingerprint density at radius 3 is 2.06 bits per heavy atom. The summed E-state index contributed by atoms with van der Waals surface area (Å²) in [7, 11) is -3.46. The number of anilines is 1. The zero-order valence-corrected chi connectivity index (χ0v) is 18.9. The number of esters is 1. The smallest absolute Gasteiger partial charge is 0.339 e. The van der Waals surface area contributed by atoms with Gasteiger partial charge in [0.05, 0.1) is 18.4 Å². The molecule has 1 N–H and O–H groups in total. The number of aryl methyl sites for hydroxylation is 2. The third-order valence-corrected chi connectivity index (χ3v) is 6.03. The highest BCUT2D eigenvalue weighted by molar-refractivity contribution is 7.92. The fourth-order valence-electron chi connectivity index (χ4n) is 4.17. The molecule has 32 heavy (non-hydrogen) atoms. The second kappa shape index (κ2) is 9.01. The summed E-state index contributed by atoms with van der Waals surface area (Å²) in [5, 5.41) is 0. The highest BCUT2D eigenvalue weighted by Gasteiger charge is 2.26. The Bertz CT molecular complexity index is 1260. The van der Waals surface area contributed by atoms with Gasteiger partial charge in [0.25, 0.3) is 0 Å². The molecule has 0 atom stereocenters. The fraction of sp³-hybridized carbons (Fsp3) is 0.192. The van der Waals surface area contributed by atoms with Gasteiger partial charge in [-0.3, -0.25) is 4.72 Å². The van der Waals surface area contributed by atoms with E-state index in [9.17, 15) is 13.2 Å². The van der Waals surface area contributed by atoms with Gasteiger partial charge in [-0.1, -0.05) is 60.7 Å². The van der Waals surface area contributed by atoms with Crippen LogP contribution >= 0.6 is 0 Å². The van der Waals surface area contributed by atoms with Crippen LogP contribution in [0.3, 0.4) is 0 Å². The molecule has 0 bridgehead atoms. The first-order chi connectivity index (χ1) is 15.4. The molecule has 5 nitrogen and oxygen atoms in total. The summed E-state index contributed by atoms with van der Waals surface area (Å²) in [6.45, 7) is 2.01. The molecule has 0 aromatic heterocycles. The topological polar surface area (TPSA) is 72.5 Å². The van der Waals surface area contributed by atoms with Gasteiger partial charge in [-0.15, -0.1) is 0 Å². The highest BCUT2D eigenvalue weighted by Crippen LogP contribution is 2.39. The van der Waals surface area contributed by atoms with Crippen molar-refractivity contribution in [3.63, 3.8) is 0 Å². The Hall–Kier alpha value is -3.38. The van der Waals surface area contributed by atoms with Crippen molar-refractivity contribution in [1.29, 1.82) is 0 Å². The van der Waals surface area contributed by atoms with Gasteiger partial charge in [0.1, 0.15) is 0 Å². The van der Waals surface area contributed by atoms with Crippen LogP contribution < -0.4 is 4.72 Å². The minimum Gasteiger partial charge on any atom is -0.462 e. The first-order valence-corrected chi connectivity index (χ1v) is 12.4. The van der Waals surface area contributed by atoms with E-state index in [1.165, 1.54) is 0 Å². The van der Waals surface area contributed by atoms with Crippen molar-refractivity contribution >= 4 is 32.8 Å². The largest absolute Gasteiger partial charge is 0.462 e. The molecule has 0 amide bonds. The van der Waals surface area contributed by atoms with Crippen LogP contribution in [0.2, 0.25) is 0 Å². The lowest BCUT2D eigenvalue weighted by Crippen LogP contribution is -2.12. The zero-order chi connectivity index (χ0) is 22.7.